The van der Waals surface area contributed by atoms with Gasteiger partial charge in [0.2, 0.25) is 5.91 Å². The number of carboxylic acids is 1. The van der Waals surface area contributed by atoms with Gasteiger partial charge in [0.25, 0.3) is 0 Å². The van der Waals surface area contributed by atoms with Crippen LogP contribution in [0, 0.1) is 5.92 Å². The Morgan fingerprint density at radius 2 is 2.31 bits per heavy atom. The zero-order valence-electron chi connectivity index (χ0n) is 9.57. The number of amides is 1. The molecule has 2 atom stereocenters. The third-order valence-electron chi connectivity index (χ3n) is 2.70. The molecule has 0 aromatic heterocycles. The monoisotopic (exact) mass is 229 g/mol. The molecule has 2 N–H and O–H groups in total. The minimum absolute atomic E-state index is 0.0697. The lowest BCUT2D eigenvalue weighted by atomic mass is 10.1. The summed E-state index contributed by atoms with van der Waals surface area (Å²) in [5.74, 6) is -0.682. The van der Waals surface area contributed by atoms with Gasteiger partial charge in [0.15, 0.2) is 0 Å². The van der Waals surface area contributed by atoms with Crippen molar-refractivity contribution in [1.29, 1.82) is 0 Å². The van der Waals surface area contributed by atoms with Crippen LogP contribution >= 0.6 is 0 Å². The Hall–Kier alpha value is -1.10. The zero-order valence-corrected chi connectivity index (χ0v) is 9.57. The SMILES string of the molecule is CC(CCC(=O)O)CNC(=O)C1CCCO1. The molecule has 0 radical (unpaired) electrons. The predicted molar refractivity (Wildman–Crippen MR) is 58.0 cm³/mol. The normalized spacial score (nSPS) is 21.7. The fraction of sp³-hybridized carbons (Fsp3) is 0.818. The van der Waals surface area contributed by atoms with Gasteiger partial charge in [-0.05, 0) is 25.2 Å². The molecular weight excluding hydrogens is 210 g/mol. The van der Waals surface area contributed by atoms with E-state index in [9.17, 15) is 9.59 Å². The first-order valence-corrected chi connectivity index (χ1v) is 5.70. The summed E-state index contributed by atoms with van der Waals surface area (Å²) in [7, 11) is 0. The fourth-order valence-corrected chi connectivity index (χ4v) is 1.65. The topological polar surface area (TPSA) is 75.6 Å². The minimum Gasteiger partial charge on any atom is -0.481 e. The van der Waals surface area contributed by atoms with E-state index in [-0.39, 0.29) is 24.3 Å². The van der Waals surface area contributed by atoms with Crippen molar-refractivity contribution in [2.75, 3.05) is 13.2 Å². The molecule has 0 aromatic carbocycles. The number of carboxylic acid groups (broad SMARTS) is 1. The number of carbonyl (C=O) groups excluding carboxylic acids is 1. The molecule has 2 unspecified atom stereocenters. The second-order valence-corrected chi connectivity index (χ2v) is 4.28. The Morgan fingerprint density at radius 3 is 2.88 bits per heavy atom. The molecule has 1 aliphatic rings. The quantitative estimate of drug-likeness (QED) is 0.705. The van der Waals surface area contributed by atoms with E-state index in [2.05, 4.69) is 5.32 Å². The lowest BCUT2D eigenvalue weighted by Gasteiger charge is -2.14. The molecule has 1 amide bonds. The smallest absolute Gasteiger partial charge is 0.303 e. The summed E-state index contributed by atoms with van der Waals surface area (Å²) < 4.78 is 5.24. The molecule has 0 saturated carbocycles. The largest absolute Gasteiger partial charge is 0.481 e. The van der Waals surface area contributed by atoms with Crippen LogP contribution in [-0.2, 0) is 14.3 Å². The Kier molecular flexibility index (Phi) is 5.25. The van der Waals surface area contributed by atoms with Crippen molar-refractivity contribution in [2.24, 2.45) is 5.92 Å². The molecular formula is C11H19NO4. The van der Waals surface area contributed by atoms with Gasteiger partial charge in [-0.25, -0.2) is 0 Å². The van der Waals surface area contributed by atoms with Crippen molar-refractivity contribution in [2.45, 2.75) is 38.7 Å². The van der Waals surface area contributed by atoms with Crippen LogP contribution < -0.4 is 5.32 Å². The molecule has 0 aliphatic carbocycles. The van der Waals surface area contributed by atoms with Gasteiger partial charge in [-0.15, -0.1) is 0 Å². The number of nitrogens with one attached hydrogen (secondary N) is 1. The molecule has 1 aliphatic heterocycles. The maximum Gasteiger partial charge on any atom is 0.303 e. The molecule has 5 heteroatoms. The molecule has 1 heterocycles. The second-order valence-electron chi connectivity index (χ2n) is 4.28. The van der Waals surface area contributed by atoms with Gasteiger partial charge in [-0.1, -0.05) is 6.92 Å². The molecule has 0 bridgehead atoms. The van der Waals surface area contributed by atoms with Crippen LogP contribution in [-0.4, -0.2) is 36.2 Å². The fourth-order valence-electron chi connectivity index (χ4n) is 1.65. The van der Waals surface area contributed by atoms with E-state index in [1.807, 2.05) is 6.92 Å². The summed E-state index contributed by atoms with van der Waals surface area (Å²) >= 11 is 0. The first-order chi connectivity index (χ1) is 7.59. The van der Waals surface area contributed by atoms with Crippen LogP contribution in [0.2, 0.25) is 0 Å². The highest BCUT2D eigenvalue weighted by Gasteiger charge is 2.23. The van der Waals surface area contributed by atoms with E-state index >= 15 is 0 Å². The van der Waals surface area contributed by atoms with Gasteiger partial charge in [0.05, 0.1) is 0 Å². The molecule has 1 rings (SSSR count). The summed E-state index contributed by atoms with van der Waals surface area (Å²) in [5, 5.41) is 11.3. The molecule has 5 nitrogen and oxygen atoms in total. The van der Waals surface area contributed by atoms with Crippen molar-refractivity contribution in [3.8, 4) is 0 Å². The van der Waals surface area contributed by atoms with Crippen LogP contribution in [0.5, 0.6) is 0 Å². The summed E-state index contributed by atoms with van der Waals surface area (Å²) in [6.07, 6.45) is 2.16. The lowest BCUT2D eigenvalue weighted by Crippen LogP contribution is -2.36. The lowest BCUT2D eigenvalue weighted by molar-refractivity contribution is -0.137. The Labute approximate surface area is 95.2 Å². The standard InChI is InChI=1S/C11H19NO4/c1-8(4-5-10(13)14)7-12-11(15)9-3-2-6-16-9/h8-9H,2-7H2,1H3,(H,12,15)(H,13,14). The second kappa shape index (κ2) is 6.48. The number of aliphatic carboxylic acids is 1. The average Bonchev–Trinajstić information content (AvgIpc) is 2.76. The van der Waals surface area contributed by atoms with E-state index < -0.39 is 5.97 Å². The van der Waals surface area contributed by atoms with Gasteiger partial charge in [-0.2, -0.15) is 0 Å². The van der Waals surface area contributed by atoms with Gasteiger partial charge in [0.1, 0.15) is 6.10 Å². The highest BCUT2D eigenvalue weighted by Crippen LogP contribution is 2.12. The van der Waals surface area contributed by atoms with E-state index in [0.29, 0.717) is 19.6 Å². The maximum atomic E-state index is 11.5. The number of ether oxygens (including phenoxy) is 1. The van der Waals surface area contributed by atoms with Crippen LogP contribution in [0.1, 0.15) is 32.6 Å². The van der Waals surface area contributed by atoms with Crippen molar-refractivity contribution >= 4 is 11.9 Å². The number of rotatable bonds is 6. The number of hydrogen-bond donors (Lipinski definition) is 2. The van der Waals surface area contributed by atoms with Gasteiger partial charge >= 0.3 is 5.97 Å². The summed E-state index contributed by atoms with van der Waals surface area (Å²) in [4.78, 5) is 21.9. The summed E-state index contributed by atoms with van der Waals surface area (Å²) in [6, 6.07) is 0. The zero-order chi connectivity index (χ0) is 12.0. The van der Waals surface area contributed by atoms with Crippen molar-refractivity contribution in [3.63, 3.8) is 0 Å². The minimum atomic E-state index is -0.794. The van der Waals surface area contributed by atoms with Gasteiger partial charge < -0.3 is 15.2 Å². The first-order valence-electron chi connectivity index (χ1n) is 5.70. The Balaban J connectivity index is 2.12. The third kappa shape index (κ3) is 4.61. The number of carbonyl (C=O) groups is 2. The van der Waals surface area contributed by atoms with Gasteiger partial charge in [-0.3, -0.25) is 9.59 Å². The van der Waals surface area contributed by atoms with Crippen molar-refractivity contribution < 1.29 is 19.4 Å². The number of hydrogen-bond acceptors (Lipinski definition) is 3. The highest BCUT2D eigenvalue weighted by atomic mass is 16.5. The molecule has 16 heavy (non-hydrogen) atoms. The van der Waals surface area contributed by atoms with Crippen LogP contribution in [0.4, 0.5) is 0 Å². The first kappa shape index (κ1) is 13.0. The van der Waals surface area contributed by atoms with E-state index in [0.717, 1.165) is 12.8 Å². The molecule has 1 fully saturated rings. The van der Waals surface area contributed by atoms with Crippen LogP contribution in [0.15, 0.2) is 0 Å². The van der Waals surface area contributed by atoms with Crippen LogP contribution in [0.25, 0.3) is 0 Å². The van der Waals surface area contributed by atoms with E-state index in [4.69, 9.17) is 9.84 Å². The van der Waals surface area contributed by atoms with Crippen molar-refractivity contribution in [1.82, 2.24) is 5.32 Å². The van der Waals surface area contributed by atoms with E-state index in [1.165, 1.54) is 0 Å². The molecule has 1 saturated heterocycles. The third-order valence-corrected chi connectivity index (χ3v) is 2.70. The molecule has 0 spiro atoms. The Bertz CT molecular complexity index is 248. The Morgan fingerprint density at radius 1 is 1.56 bits per heavy atom. The predicted octanol–water partition coefficient (Wildman–Crippen LogP) is 0.782. The highest BCUT2D eigenvalue weighted by molar-refractivity contribution is 5.80. The summed E-state index contributed by atoms with van der Waals surface area (Å²) in [6.45, 7) is 3.11. The van der Waals surface area contributed by atoms with Crippen molar-refractivity contribution in [3.05, 3.63) is 0 Å². The summed E-state index contributed by atoms with van der Waals surface area (Å²) in [5.41, 5.74) is 0. The van der Waals surface area contributed by atoms with Crippen LogP contribution in [0.3, 0.4) is 0 Å². The molecule has 92 valence electrons. The molecule has 0 aromatic rings. The van der Waals surface area contributed by atoms with E-state index in [1.54, 1.807) is 0 Å². The maximum absolute atomic E-state index is 11.5. The van der Waals surface area contributed by atoms with Gasteiger partial charge in [0, 0.05) is 19.6 Å². The average molecular weight is 229 g/mol.